The Labute approximate surface area is 170 Å². The highest BCUT2D eigenvalue weighted by Crippen LogP contribution is 2.30. The first kappa shape index (κ1) is 19.6. The van der Waals surface area contributed by atoms with Crippen LogP contribution in [0, 0.1) is 0 Å². The maximum absolute atomic E-state index is 12.6. The van der Waals surface area contributed by atoms with E-state index in [9.17, 15) is 18.0 Å². The Kier molecular flexibility index (Phi) is 5.41. The Morgan fingerprint density at radius 2 is 1.59 bits per heavy atom. The fourth-order valence-electron chi connectivity index (χ4n) is 4.04. The van der Waals surface area contributed by atoms with Crippen LogP contribution < -0.4 is 10.2 Å². The van der Waals surface area contributed by atoms with Crippen molar-refractivity contribution < 1.29 is 18.0 Å². The van der Waals surface area contributed by atoms with Crippen LogP contribution in [0.25, 0.3) is 0 Å². The third kappa shape index (κ3) is 4.05. The number of hydrogen-bond donors (Lipinski definition) is 1. The van der Waals surface area contributed by atoms with Crippen LogP contribution in [-0.4, -0.2) is 32.0 Å². The Morgan fingerprint density at radius 3 is 2.17 bits per heavy atom. The lowest BCUT2D eigenvalue weighted by atomic mass is 10.1. The molecule has 1 aliphatic heterocycles. The molecule has 0 unspecified atom stereocenters. The number of carbonyl (C=O) groups is 2. The molecule has 0 radical (unpaired) electrons. The number of anilines is 2. The topological polar surface area (TPSA) is 83.6 Å². The number of amides is 2. The lowest BCUT2D eigenvalue weighted by Crippen LogP contribution is -2.23. The van der Waals surface area contributed by atoms with Gasteiger partial charge in [-0.3, -0.25) is 9.59 Å². The Hall–Kier alpha value is -2.67. The predicted octanol–water partition coefficient (Wildman–Crippen LogP) is 3.78. The van der Waals surface area contributed by atoms with Crippen molar-refractivity contribution in [2.75, 3.05) is 16.8 Å². The summed E-state index contributed by atoms with van der Waals surface area (Å²) in [5.74, 6) is -0.175. The van der Waals surface area contributed by atoms with Crippen molar-refractivity contribution in [3.63, 3.8) is 0 Å². The second-order valence-corrected chi connectivity index (χ2v) is 9.85. The van der Waals surface area contributed by atoms with Crippen LogP contribution in [0.3, 0.4) is 0 Å². The number of nitrogens with one attached hydrogen (secondary N) is 1. The molecule has 4 rings (SSSR count). The van der Waals surface area contributed by atoms with E-state index in [1.165, 1.54) is 0 Å². The summed E-state index contributed by atoms with van der Waals surface area (Å²) >= 11 is 0. The smallest absolute Gasteiger partial charge is 0.255 e. The molecule has 6 nitrogen and oxygen atoms in total. The van der Waals surface area contributed by atoms with E-state index in [0.717, 1.165) is 37.8 Å². The highest BCUT2D eigenvalue weighted by Gasteiger charge is 2.30. The SMILES string of the molecule is O=C(Nc1ccc(S(=O)(=O)C2CCCC2)cc1)c1ccc(N2CCCC2=O)cc1. The van der Waals surface area contributed by atoms with E-state index in [1.54, 1.807) is 53.4 Å². The van der Waals surface area contributed by atoms with E-state index in [1.807, 2.05) is 0 Å². The van der Waals surface area contributed by atoms with Crippen LogP contribution in [0.1, 0.15) is 48.9 Å². The summed E-state index contributed by atoms with van der Waals surface area (Å²) in [4.78, 5) is 26.3. The van der Waals surface area contributed by atoms with Gasteiger partial charge in [0, 0.05) is 29.9 Å². The second kappa shape index (κ2) is 7.99. The van der Waals surface area contributed by atoms with E-state index in [-0.39, 0.29) is 17.1 Å². The zero-order valence-electron chi connectivity index (χ0n) is 16.1. The fourth-order valence-corrected chi connectivity index (χ4v) is 5.89. The monoisotopic (exact) mass is 412 g/mol. The first-order valence-electron chi connectivity index (χ1n) is 10.0. The number of rotatable bonds is 5. The summed E-state index contributed by atoms with van der Waals surface area (Å²) in [5, 5.41) is 2.50. The predicted molar refractivity (Wildman–Crippen MR) is 112 cm³/mol. The second-order valence-electron chi connectivity index (χ2n) is 7.63. The third-order valence-electron chi connectivity index (χ3n) is 5.70. The van der Waals surface area contributed by atoms with Crippen LogP contribution in [0.2, 0.25) is 0 Å². The van der Waals surface area contributed by atoms with E-state index in [4.69, 9.17) is 0 Å². The van der Waals surface area contributed by atoms with E-state index in [0.29, 0.717) is 29.1 Å². The maximum atomic E-state index is 12.6. The molecule has 0 spiro atoms. The van der Waals surface area contributed by atoms with Gasteiger partial charge in [-0.05, 0) is 67.8 Å². The normalized spacial score (nSPS) is 17.7. The molecule has 1 N–H and O–H groups in total. The highest BCUT2D eigenvalue weighted by molar-refractivity contribution is 7.92. The van der Waals surface area contributed by atoms with Crippen molar-refractivity contribution in [2.45, 2.75) is 48.7 Å². The molecular formula is C22H24N2O4S. The average Bonchev–Trinajstić information content (AvgIpc) is 3.41. The minimum atomic E-state index is -3.30. The van der Waals surface area contributed by atoms with Gasteiger partial charge in [0.1, 0.15) is 0 Å². The first-order valence-corrected chi connectivity index (χ1v) is 11.6. The Bertz CT molecular complexity index is 1010. The minimum Gasteiger partial charge on any atom is -0.322 e. The zero-order valence-corrected chi connectivity index (χ0v) is 17.0. The number of carbonyl (C=O) groups excluding carboxylic acids is 2. The largest absolute Gasteiger partial charge is 0.322 e. The summed E-state index contributed by atoms with van der Waals surface area (Å²) in [6.45, 7) is 0.709. The van der Waals surface area contributed by atoms with Crippen LogP contribution in [0.5, 0.6) is 0 Å². The van der Waals surface area contributed by atoms with Gasteiger partial charge in [0.2, 0.25) is 5.91 Å². The van der Waals surface area contributed by atoms with Gasteiger partial charge in [-0.25, -0.2) is 8.42 Å². The molecule has 2 amide bonds. The lowest BCUT2D eigenvalue weighted by molar-refractivity contribution is -0.117. The quantitative estimate of drug-likeness (QED) is 0.810. The lowest BCUT2D eigenvalue weighted by Gasteiger charge is -2.16. The van der Waals surface area contributed by atoms with Gasteiger partial charge in [-0.15, -0.1) is 0 Å². The summed E-state index contributed by atoms with van der Waals surface area (Å²) in [5.41, 5.74) is 1.81. The molecule has 152 valence electrons. The van der Waals surface area contributed by atoms with Crippen molar-refractivity contribution in [3.8, 4) is 0 Å². The number of benzene rings is 2. The summed E-state index contributed by atoms with van der Waals surface area (Å²) in [6, 6.07) is 13.3. The van der Waals surface area contributed by atoms with E-state index < -0.39 is 9.84 Å². The van der Waals surface area contributed by atoms with Gasteiger partial charge in [-0.2, -0.15) is 0 Å². The standard InChI is InChI=1S/C22H24N2O4S/c25-21-6-3-15-24(21)18-11-7-16(8-12-18)22(26)23-17-9-13-20(14-10-17)29(27,28)19-4-1-2-5-19/h7-14,19H,1-6,15H2,(H,23,26). The molecule has 0 bridgehead atoms. The van der Waals surface area contributed by atoms with Gasteiger partial charge in [0.05, 0.1) is 10.1 Å². The van der Waals surface area contributed by atoms with Crippen molar-refractivity contribution in [1.29, 1.82) is 0 Å². The summed E-state index contributed by atoms with van der Waals surface area (Å²) in [6.07, 6.45) is 4.79. The molecule has 1 saturated carbocycles. The van der Waals surface area contributed by atoms with Crippen molar-refractivity contribution in [2.24, 2.45) is 0 Å². The van der Waals surface area contributed by atoms with E-state index in [2.05, 4.69) is 5.32 Å². The fraction of sp³-hybridized carbons (Fsp3) is 0.364. The molecule has 2 aliphatic rings. The summed E-state index contributed by atoms with van der Waals surface area (Å²) < 4.78 is 25.3. The molecule has 2 aromatic carbocycles. The van der Waals surface area contributed by atoms with Crippen LogP contribution in [-0.2, 0) is 14.6 Å². The third-order valence-corrected chi connectivity index (χ3v) is 7.97. The van der Waals surface area contributed by atoms with Crippen molar-refractivity contribution >= 4 is 33.0 Å². The van der Waals surface area contributed by atoms with Crippen molar-refractivity contribution in [1.82, 2.24) is 0 Å². The maximum Gasteiger partial charge on any atom is 0.255 e. The molecule has 2 fully saturated rings. The molecule has 0 aromatic heterocycles. The number of nitrogens with zero attached hydrogens (tertiary/aromatic N) is 1. The number of hydrogen-bond acceptors (Lipinski definition) is 4. The zero-order chi connectivity index (χ0) is 20.4. The molecule has 1 heterocycles. The molecule has 1 saturated heterocycles. The first-order chi connectivity index (χ1) is 13.9. The molecule has 2 aromatic rings. The minimum absolute atomic E-state index is 0.106. The van der Waals surface area contributed by atoms with Gasteiger partial charge in [0.25, 0.3) is 5.91 Å². The van der Waals surface area contributed by atoms with Gasteiger partial charge in [-0.1, -0.05) is 12.8 Å². The van der Waals surface area contributed by atoms with Gasteiger partial charge in [0.15, 0.2) is 9.84 Å². The molecule has 29 heavy (non-hydrogen) atoms. The van der Waals surface area contributed by atoms with Crippen LogP contribution >= 0.6 is 0 Å². The average molecular weight is 413 g/mol. The Morgan fingerprint density at radius 1 is 0.931 bits per heavy atom. The summed E-state index contributed by atoms with van der Waals surface area (Å²) in [7, 11) is -3.30. The molecular weight excluding hydrogens is 388 g/mol. The highest BCUT2D eigenvalue weighted by atomic mass is 32.2. The van der Waals surface area contributed by atoms with Crippen LogP contribution in [0.15, 0.2) is 53.4 Å². The molecule has 0 atom stereocenters. The van der Waals surface area contributed by atoms with Gasteiger partial charge >= 0.3 is 0 Å². The van der Waals surface area contributed by atoms with E-state index >= 15 is 0 Å². The Balaban J connectivity index is 1.42. The van der Waals surface area contributed by atoms with Crippen LogP contribution in [0.4, 0.5) is 11.4 Å². The van der Waals surface area contributed by atoms with Crippen molar-refractivity contribution in [3.05, 3.63) is 54.1 Å². The molecule has 1 aliphatic carbocycles. The van der Waals surface area contributed by atoms with Gasteiger partial charge < -0.3 is 10.2 Å². The number of sulfone groups is 1. The molecule has 7 heteroatoms.